The van der Waals surface area contributed by atoms with Crippen molar-refractivity contribution in [3.8, 4) is 22.1 Å². The summed E-state index contributed by atoms with van der Waals surface area (Å²) in [5, 5.41) is 10.0. The van der Waals surface area contributed by atoms with E-state index in [0.717, 1.165) is 22.4 Å². The van der Waals surface area contributed by atoms with Gasteiger partial charge in [-0.2, -0.15) is 0 Å². The van der Waals surface area contributed by atoms with Crippen LogP contribution in [0.3, 0.4) is 0 Å². The fraction of sp³-hybridized carbons (Fsp3) is 0.273. The number of carboxylic acids is 1. The number of hydrogen-bond donors (Lipinski definition) is 1. The van der Waals surface area contributed by atoms with Crippen molar-refractivity contribution in [2.45, 2.75) is 27.2 Å². The molecule has 0 aliphatic carbocycles. The second-order valence-corrected chi connectivity index (χ2v) is 7.37. The van der Waals surface area contributed by atoms with E-state index in [1.807, 2.05) is 63.2 Å². The maximum atomic E-state index is 11.4. The Morgan fingerprint density at radius 1 is 1.04 bits per heavy atom. The Labute approximate surface area is 168 Å². The minimum absolute atomic E-state index is 0.283. The Bertz CT molecular complexity index is 960. The van der Waals surface area contributed by atoms with Crippen LogP contribution < -0.4 is 9.47 Å². The Morgan fingerprint density at radius 2 is 1.71 bits per heavy atom. The van der Waals surface area contributed by atoms with E-state index in [-0.39, 0.29) is 4.88 Å². The molecular weight excluding hydrogens is 374 g/mol. The second-order valence-electron chi connectivity index (χ2n) is 6.37. The van der Waals surface area contributed by atoms with Crippen molar-refractivity contribution in [1.29, 1.82) is 0 Å². The molecule has 28 heavy (non-hydrogen) atoms. The third kappa shape index (κ3) is 4.34. The van der Waals surface area contributed by atoms with Crippen molar-refractivity contribution in [2.24, 2.45) is 0 Å². The summed E-state index contributed by atoms with van der Waals surface area (Å²) >= 11 is 1.18. The van der Waals surface area contributed by atoms with Crippen LogP contribution in [0.4, 0.5) is 0 Å². The lowest BCUT2D eigenvalue weighted by Crippen LogP contribution is -2.10. The zero-order valence-electron chi connectivity index (χ0n) is 16.2. The van der Waals surface area contributed by atoms with Crippen molar-refractivity contribution in [2.75, 3.05) is 13.2 Å². The Hall–Kier alpha value is -2.86. The molecule has 0 amide bonds. The number of carbonyl (C=O) groups is 1. The van der Waals surface area contributed by atoms with Crippen LogP contribution in [0, 0.1) is 13.8 Å². The van der Waals surface area contributed by atoms with E-state index in [1.165, 1.54) is 11.3 Å². The zero-order chi connectivity index (χ0) is 20.1. The lowest BCUT2D eigenvalue weighted by molar-refractivity contribution is 0.0701. The fourth-order valence-electron chi connectivity index (χ4n) is 2.97. The Kier molecular flexibility index (Phi) is 6.31. The van der Waals surface area contributed by atoms with Gasteiger partial charge in [-0.25, -0.2) is 9.78 Å². The minimum Gasteiger partial charge on any atom is -0.489 e. The number of aromatic carboxylic acids is 1. The van der Waals surface area contributed by atoms with Crippen molar-refractivity contribution in [3.63, 3.8) is 0 Å². The number of aromatic nitrogens is 1. The molecule has 0 aliphatic heterocycles. The molecule has 0 saturated carbocycles. The molecule has 1 heterocycles. The van der Waals surface area contributed by atoms with Gasteiger partial charge < -0.3 is 14.6 Å². The zero-order valence-corrected chi connectivity index (χ0v) is 17.0. The van der Waals surface area contributed by atoms with Gasteiger partial charge >= 0.3 is 5.97 Å². The predicted molar refractivity (Wildman–Crippen MR) is 111 cm³/mol. The van der Waals surface area contributed by atoms with Crippen LogP contribution in [0.5, 0.6) is 11.5 Å². The summed E-state index contributed by atoms with van der Waals surface area (Å²) < 4.78 is 11.8. The van der Waals surface area contributed by atoms with Crippen LogP contribution in [0.25, 0.3) is 10.6 Å². The first kappa shape index (κ1) is 19.9. The van der Waals surface area contributed by atoms with Gasteiger partial charge in [-0.1, -0.05) is 37.3 Å². The smallest absolute Gasteiger partial charge is 0.347 e. The van der Waals surface area contributed by atoms with Crippen LogP contribution in [-0.2, 0) is 6.42 Å². The normalized spacial score (nSPS) is 10.7. The summed E-state index contributed by atoms with van der Waals surface area (Å²) in [6, 6.07) is 13.6. The first-order valence-corrected chi connectivity index (χ1v) is 9.97. The average molecular weight is 397 g/mol. The molecule has 0 aliphatic rings. The highest BCUT2D eigenvalue weighted by Gasteiger charge is 2.19. The average Bonchev–Trinajstić information content (AvgIpc) is 3.12. The van der Waals surface area contributed by atoms with Crippen molar-refractivity contribution in [1.82, 2.24) is 4.98 Å². The Morgan fingerprint density at radius 3 is 2.36 bits per heavy atom. The SMILES string of the molecule is CCc1nc(-c2ccccc2OCCOc2c(C)cccc2C)sc1C(=O)O. The molecule has 146 valence electrons. The highest BCUT2D eigenvalue weighted by atomic mass is 32.1. The van der Waals surface area contributed by atoms with E-state index >= 15 is 0 Å². The molecule has 0 saturated heterocycles. The van der Waals surface area contributed by atoms with E-state index in [2.05, 4.69) is 4.98 Å². The van der Waals surface area contributed by atoms with Crippen LogP contribution >= 0.6 is 11.3 Å². The van der Waals surface area contributed by atoms with Crippen molar-refractivity contribution in [3.05, 3.63) is 64.2 Å². The van der Waals surface area contributed by atoms with Gasteiger partial charge in [-0.3, -0.25) is 0 Å². The van der Waals surface area contributed by atoms with E-state index in [1.54, 1.807) is 0 Å². The molecule has 3 rings (SSSR count). The molecule has 0 spiro atoms. The van der Waals surface area contributed by atoms with Gasteiger partial charge in [0.15, 0.2) is 0 Å². The van der Waals surface area contributed by atoms with Crippen molar-refractivity contribution < 1.29 is 19.4 Å². The van der Waals surface area contributed by atoms with Gasteiger partial charge in [-0.05, 0) is 43.5 Å². The molecule has 3 aromatic rings. The lowest BCUT2D eigenvalue weighted by atomic mass is 10.1. The number of benzene rings is 2. The molecule has 0 fully saturated rings. The topological polar surface area (TPSA) is 68.7 Å². The van der Waals surface area contributed by atoms with E-state index in [9.17, 15) is 9.90 Å². The number of thiazole rings is 1. The molecular formula is C22H23NO4S. The molecule has 0 bridgehead atoms. The summed E-state index contributed by atoms with van der Waals surface area (Å²) in [5.41, 5.74) is 3.58. The first-order valence-electron chi connectivity index (χ1n) is 9.15. The van der Waals surface area contributed by atoms with Gasteiger partial charge in [0.2, 0.25) is 0 Å². The molecule has 2 aromatic carbocycles. The summed E-state index contributed by atoms with van der Waals surface area (Å²) in [4.78, 5) is 16.2. The summed E-state index contributed by atoms with van der Waals surface area (Å²) in [6.45, 7) is 6.73. The monoisotopic (exact) mass is 397 g/mol. The van der Waals surface area contributed by atoms with Crippen LogP contribution in [-0.4, -0.2) is 29.3 Å². The lowest BCUT2D eigenvalue weighted by Gasteiger charge is -2.13. The Balaban J connectivity index is 1.72. The van der Waals surface area contributed by atoms with E-state index in [0.29, 0.717) is 36.1 Å². The summed E-state index contributed by atoms with van der Waals surface area (Å²) in [7, 11) is 0. The second kappa shape index (κ2) is 8.89. The number of aryl methyl sites for hydroxylation is 3. The summed E-state index contributed by atoms with van der Waals surface area (Å²) in [6.07, 6.45) is 0.574. The van der Waals surface area contributed by atoms with Gasteiger partial charge in [-0.15, -0.1) is 11.3 Å². The van der Waals surface area contributed by atoms with Crippen LogP contribution in [0.15, 0.2) is 42.5 Å². The summed E-state index contributed by atoms with van der Waals surface area (Å²) in [5.74, 6) is 0.611. The molecule has 6 heteroatoms. The predicted octanol–water partition coefficient (Wildman–Crippen LogP) is 5.15. The number of ether oxygens (including phenoxy) is 2. The largest absolute Gasteiger partial charge is 0.489 e. The molecule has 1 N–H and O–H groups in total. The quantitative estimate of drug-likeness (QED) is 0.533. The van der Waals surface area contributed by atoms with Crippen LogP contribution in [0.2, 0.25) is 0 Å². The van der Waals surface area contributed by atoms with Gasteiger partial charge in [0.25, 0.3) is 0 Å². The molecule has 0 unspecified atom stereocenters. The number of carboxylic acid groups (broad SMARTS) is 1. The highest BCUT2D eigenvalue weighted by Crippen LogP contribution is 2.34. The first-order chi connectivity index (χ1) is 13.5. The fourth-order valence-corrected chi connectivity index (χ4v) is 3.99. The molecule has 1 aromatic heterocycles. The van der Waals surface area contributed by atoms with Crippen LogP contribution in [0.1, 0.15) is 33.4 Å². The number of nitrogens with zero attached hydrogens (tertiary/aromatic N) is 1. The molecule has 0 atom stereocenters. The maximum Gasteiger partial charge on any atom is 0.347 e. The third-order valence-electron chi connectivity index (χ3n) is 4.34. The standard InChI is InChI=1S/C22H23NO4S/c1-4-17-20(22(24)25)28-21(23-17)16-10-5-6-11-18(16)26-12-13-27-19-14(2)8-7-9-15(19)3/h5-11H,4,12-13H2,1-3H3,(H,24,25). The van der Waals surface area contributed by atoms with E-state index in [4.69, 9.17) is 9.47 Å². The van der Waals surface area contributed by atoms with Gasteiger partial charge in [0.05, 0.1) is 11.3 Å². The number of para-hydroxylation sites is 2. The van der Waals surface area contributed by atoms with E-state index < -0.39 is 5.97 Å². The number of rotatable bonds is 8. The minimum atomic E-state index is -0.944. The molecule has 0 radical (unpaired) electrons. The highest BCUT2D eigenvalue weighted by molar-refractivity contribution is 7.17. The van der Waals surface area contributed by atoms with Gasteiger partial charge in [0, 0.05) is 0 Å². The maximum absolute atomic E-state index is 11.4. The number of hydrogen-bond acceptors (Lipinski definition) is 5. The third-order valence-corrected chi connectivity index (χ3v) is 5.46. The van der Waals surface area contributed by atoms with Crippen molar-refractivity contribution >= 4 is 17.3 Å². The van der Waals surface area contributed by atoms with Gasteiger partial charge in [0.1, 0.15) is 34.6 Å². The molecule has 5 nitrogen and oxygen atoms in total.